The summed E-state index contributed by atoms with van der Waals surface area (Å²) < 4.78 is 18.5. The van der Waals surface area contributed by atoms with Gasteiger partial charge in [-0.3, -0.25) is 0 Å². The molecule has 0 unspecified atom stereocenters. The Kier molecular flexibility index (Phi) is 4.41. The molecule has 2 aromatic carbocycles. The van der Waals surface area contributed by atoms with E-state index in [0.29, 0.717) is 22.4 Å². The van der Waals surface area contributed by atoms with Gasteiger partial charge in [0.05, 0.1) is 10.6 Å². The molecule has 0 amide bonds. The van der Waals surface area contributed by atoms with Crippen molar-refractivity contribution < 1.29 is 9.13 Å². The molecule has 2 nitrogen and oxygen atoms in total. The summed E-state index contributed by atoms with van der Waals surface area (Å²) >= 11 is 9.20. The molecule has 0 aliphatic heterocycles. The maximum Gasteiger partial charge on any atom is 0.146 e. The minimum atomic E-state index is -0.438. The van der Waals surface area contributed by atoms with Crippen molar-refractivity contribution in [1.29, 1.82) is 5.26 Å². The second-order valence-corrected chi connectivity index (χ2v) is 4.72. The highest BCUT2D eigenvalue weighted by Crippen LogP contribution is 2.32. The van der Waals surface area contributed by atoms with Gasteiger partial charge in [-0.05, 0) is 35.9 Å². The highest BCUT2D eigenvalue weighted by atomic mass is 79.9. The largest absolute Gasteiger partial charge is 0.454 e. The van der Waals surface area contributed by atoms with E-state index in [1.807, 2.05) is 6.07 Å². The topological polar surface area (TPSA) is 33.0 Å². The molecular weight excluding hydrogens is 333 g/mol. The minimum absolute atomic E-state index is 0.161. The average Bonchev–Trinajstić information content (AvgIpc) is 2.42. The zero-order chi connectivity index (χ0) is 13.8. The maximum atomic E-state index is 12.9. The summed E-state index contributed by atoms with van der Waals surface area (Å²) in [5.74, 6) is 0.263. The zero-order valence-corrected chi connectivity index (χ0v) is 12.0. The number of nitrogens with zero attached hydrogens (tertiary/aromatic N) is 1. The molecule has 0 aliphatic carbocycles. The molecule has 2 rings (SSSR count). The van der Waals surface area contributed by atoms with Crippen LogP contribution in [0.1, 0.15) is 11.1 Å². The summed E-state index contributed by atoms with van der Waals surface area (Å²) in [6.45, 7) is 0. The Bertz CT molecular complexity index is 654. The lowest BCUT2D eigenvalue weighted by molar-refractivity contribution is 0.479. The molecule has 0 aromatic heterocycles. The van der Waals surface area contributed by atoms with Crippen molar-refractivity contribution in [3.8, 4) is 17.6 Å². The lowest BCUT2D eigenvalue weighted by atomic mass is 10.1. The molecular formula is C14H8BrClFNO. The van der Waals surface area contributed by atoms with Gasteiger partial charge in [-0.1, -0.05) is 33.6 Å². The van der Waals surface area contributed by atoms with E-state index in [4.69, 9.17) is 21.6 Å². The van der Waals surface area contributed by atoms with Crippen LogP contribution in [0.5, 0.6) is 11.5 Å². The van der Waals surface area contributed by atoms with E-state index in [1.54, 1.807) is 12.1 Å². The molecule has 2 aromatic rings. The van der Waals surface area contributed by atoms with Crippen LogP contribution in [0.4, 0.5) is 4.39 Å². The fraction of sp³-hybridized carbons (Fsp3) is 0.0714. The maximum absolute atomic E-state index is 12.9. The standard InChI is InChI=1S/C14H8BrClFNO/c15-7-9-1-3-13(10(5-9)8-18)19-14-4-2-11(17)6-12(14)16/h1-6H,7H2. The van der Waals surface area contributed by atoms with Gasteiger partial charge in [0.1, 0.15) is 23.4 Å². The molecule has 0 bridgehead atoms. The van der Waals surface area contributed by atoms with Crippen LogP contribution in [0, 0.1) is 17.1 Å². The molecule has 0 spiro atoms. The SMILES string of the molecule is N#Cc1cc(CBr)ccc1Oc1ccc(F)cc1Cl. The smallest absolute Gasteiger partial charge is 0.146 e. The van der Waals surface area contributed by atoms with E-state index >= 15 is 0 Å². The molecule has 0 atom stereocenters. The molecule has 0 radical (unpaired) electrons. The highest BCUT2D eigenvalue weighted by molar-refractivity contribution is 9.08. The average molecular weight is 341 g/mol. The first-order chi connectivity index (χ1) is 9.13. The van der Waals surface area contributed by atoms with Gasteiger partial charge in [0.25, 0.3) is 0 Å². The van der Waals surface area contributed by atoms with Crippen LogP contribution in [0.3, 0.4) is 0 Å². The van der Waals surface area contributed by atoms with Crippen LogP contribution in [0.2, 0.25) is 5.02 Å². The Morgan fingerprint density at radius 1 is 1.21 bits per heavy atom. The Labute approximate surface area is 123 Å². The normalized spacial score (nSPS) is 10.0. The van der Waals surface area contributed by atoms with E-state index in [0.717, 1.165) is 11.6 Å². The van der Waals surface area contributed by atoms with Crippen molar-refractivity contribution in [1.82, 2.24) is 0 Å². The number of halogens is 3. The van der Waals surface area contributed by atoms with Gasteiger partial charge in [0, 0.05) is 5.33 Å². The molecule has 0 aliphatic rings. The first kappa shape index (κ1) is 13.9. The van der Waals surface area contributed by atoms with Crippen LogP contribution in [0.25, 0.3) is 0 Å². The van der Waals surface area contributed by atoms with Gasteiger partial charge in [-0.25, -0.2) is 4.39 Å². The van der Waals surface area contributed by atoms with Crippen LogP contribution >= 0.6 is 27.5 Å². The van der Waals surface area contributed by atoms with Gasteiger partial charge >= 0.3 is 0 Å². The van der Waals surface area contributed by atoms with Crippen LogP contribution < -0.4 is 4.74 Å². The Morgan fingerprint density at radius 2 is 1.95 bits per heavy atom. The molecule has 96 valence electrons. The molecule has 0 saturated heterocycles. The van der Waals surface area contributed by atoms with E-state index in [1.165, 1.54) is 12.1 Å². The Balaban J connectivity index is 2.35. The Hall–Kier alpha value is -1.57. The molecule has 0 heterocycles. The molecule has 0 saturated carbocycles. The second-order valence-electron chi connectivity index (χ2n) is 3.75. The van der Waals surface area contributed by atoms with Gasteiger partial charge in [0.2, 0.25) is 0 Å². The van der Waals surface area contributed by atoms with E-state index in [2.05, 4.69) is 22.0 Å². The van der Waals surface area contributed by atoms with Crippen molar-refractivity contribution in [3.63, 3.8) is 0 Å². The predicted molar refractivity (Wildman–Crippen MR) is 75.3 cm³/mol. The molecule has 0 fully saturated rings. The van der Waals surface area contributed by atoms with Gasteiger partial charge in [-0.2, -0.15) is 5.26 Å². The van der Waals surface area contributed by atoms with E-state index in [-0.39, 0.29) is 5.02 Å². The van der Waals surface area contributed by atoms with Gasteiger partial charge in [-0.15, -0.1) is 0 Å². The third kappa shape index (κ3) is 3.25. The lowest BCUT2D eigenvalue weighted by Gasteiger charge is -2.09. The van der Waals surface area contributed by atoms with E-state index < -0.39 is 5.82 Å². The quantitative estimate of drug-likeness (QED) is 0.733. The third-order valence-corrected chi connectivity index (χ3v) is 3.38. The molecule has 5 heteroatoms. The second kappa shape index (κ2) is 6.05. The number of hydrogen-bond donors (Lipinski definition) is 0. The predicted octanol–water partition coefficient (Wildman–Crippen LogP) is 5.04. The number of ether oxygens (including phenoxy) is 1. The Morgan fingerprint density at radius 3 is 2.58 bits per heavy atom. The van der Waals surface area contributed by atoms with Gasteiger partial charge in [0.15, 0.2) is 0 Å². The number of rotatable bonds is 3. The van der Waals surface area contributed by atoms with Crippen molar-refractivity contribution >= 4 is 27.5 Å². The van der Waals surface area contributed by atoms with Crippen molar-refractivity contribution in [2.24, 2.45) is 0 Å². The van der Waals surface area contributed by atoms with Gasteiger partial charge < -0.3 is 4.74 Å². The summed E-state index contributed by atoms with van der Waals surface area (Å²) in [7, 11) is 0. The third-order valence-electron chi connectivity index (χ3n) is 2.43. The van der Waals surface area contributed by atoms with E-state index in [9.17, 15) is 4.39 Å². The lowest BCUT2D eigenvalue weighted by Crippen LogP contribution is -1.91. The monoisotopic (exact) mass is 339 g/mol. The minimum Gasteiger partial charge on any atom is -0.454 e. The molecule has 19 heavy (non-hydrogen) atoms. The fourth-order valence-corrected chi connectivity index (χ4v) is 2.07. The summed E-state index contributed by atoms with van der Waals surface area (Å²) in [5.41, 5.74) is 1.37. The number of alkyl halides is 1. The van der Waals surface area contributed by atoms with Crippen molar-refractivity contribution in [3.05, 3.63) is 58.4 Å². The van der Waals surface area contributed by atoms with Crippen molar-refractivity contribution in [2.75, 3.05) is 0 Å². The zero-order valence-electron chi connectivity index (χ0n) is 9.66. The molecule has 0 N–H and O–H groups in total. The summed E-state index contributed by atoms with van der Waals surface area (Å²) in [4.78, 5) is 0. The van der Waals surface area contributed by atoms with Crippen LogP contribution in [-0.4, -0.2) is 0 Å². The summed E-state index contributed by atoms with van der Waals surface area (Å²) in [5, 5.41) is 9.90. The van der Waals surface area contributed by atoms with Crippen LogP contribution in [0.15, 0.2) is 36.4 Å². The summed E-state index contributed by atoms with van der Waals surface area (Å²) in [6.07, 6.45) is 0. The summed E-state index contributed by atoms with van der Waals surface area (Å²) in [6, 6.07) is 11.1. The number of hydrogen-bond acceptors (Lipinski definition) is 2. The van der Waals surface area contributed by atoms with Crippen LogP contribution in [-0.2, 0) is 5.33 Å². The van der Waals surface area contributed by atoms with Crippen molar-refractivity contribution in [2.45, 2.75) is 5.33 Å². The first-order valence-electron chi connectivity index (χ1n) is 5.36. The first-order valence-corrected chi connectivity index (χ1v) is 6.86. The number of nitriles is 1. The highest BCUT2D eigenvalue weighted by Gasteiger charge is 2.09. The number of benzene rings is 2. The fourth-order valence-electron chi connectivity index (χ4n) is 1.51.